The Hall–Kier alpha value is -0.350. The Morgan fingerprint density at radius 1 is 1.47 bits per heavy atom. The van der Waals surface area contributed by atoms with Gasteiger partial charge in [-0.25, -0.2) is 0 Å². The summed E-state index contributed by atoms with van der Waals surface area (Å²) in [5.41, 5.74) is 1.39. The second kappa shape index (κ2) is 6.01. The van der Waals surface area contributed by atoms with Crippen LogP contribution in [-0.4, -0.2) is 22.4 Å². The topological polar surface area (TPSA) is 29.9 Å². The fourth-order valence-corrected chi connectivity index (χ4v) is 3.44. The van der Waals surface area contributed by atoms with Crippen molar-refractivity contribution in [3.05, 3.63) is 16.4 Å². The third kappa shape index (κ3) is 2.74. The predicted molar refractivity (Wildman–Crippen MR) is 74.3 cm³/mol. The highest BCUT2D eigenvalue weighted by atomic mass is 79.9. The monoisotopic (exact) mass is 299 g/mol. The summed E-state index contributed by atoms with van der Waals surface area (Å²) in [6, 6.07) is 0.633. The molecule has 3 nitrogen and oxygen atoms in total. The second-order valence-corrected chi connectivity index (χ2v) is 5.65. The van der Waals surface area contributed by atoms with Crippen LogP contribution in [0.5, 0.6) is 0 Å². The lowest BCUT2D eigenvalue weighted by molar-refractivity contribution is 0.451. The second-order valence-electron chi connectivity index (χ2n) is 4.79. The Morgan fingerprint density at radius 2 is 2.29 bits per heavy atom. The van der Waals surface area contributed by atoms with Gasteiger partial charge in [-0.1, -0.05) is 13.3 Å². The molecular formula is C13H22BrN3. The van der Waals surface area contributed by atoms with Gasteiger partial charge in [0.25, 0.3) is 0 Å². The summed E-state index contributed by atoms with van der Waals surface area (Å²) in [4.78, 5) is 0. The van der Waals surface area contributed by atoms with Crippen molar-refractivity contribution >= 4 is 15.9 Å². The average molecular weight is 300 g/mol. The first-order valence-corrected chi connectivity index (χ1v) is 7.51. The molecule has 17 heavy (non-hydrogen) atoms. The lowest BCUT2D eigenvalue weighted by Gasteiger charge is -2.22. The van der Waals surface area contributed by atoms with Gasteiger partial charge in [0.15, 0.2) is 0 Å². The van der Waals surface area contributed by atoms with Crippen molar-refractivity contribution in [3.8, 4) is 0 Å². The average Bonchev–Trinajstić information content (AvgIpc) is 2.92. The number of nitrogens with one attached hydrogen (secondary N) is 1. The van der Waals surface area contributed by atoms with Crippen molar-refractivity contribution in [2.45, 2.75) is 58.0 Å². The van der Waals surface area contributed by atoms with E-state index in [0.717, 1.165) is 13.1 Å². The van der Waals surface area contributed by atoms with Gasteiger partial charge in [-0.2, -0.15) is 5.10 Å². The Bertz CT molecular complexity index is 362. The van der Waals surface area contributed by atoms with E-state index < -0.39 is 0 Å². The van der Waals surface area contributed by atoms with E-state index in [-0.39, 0.29) is 0 Å². The summed E-state index contributed by atoms with van der Waals surface area (Å²) in [6.45, 7) is 6.46. The summed E-state index contributed by atoms with van der Waals surface area (Å²) in [5.74, 6) is 0.623. The van der Waals surface area contributed by atoms with Gasteiger partial charge in [0, 0.05) is 18.5 Å². The Labute approximate surface area is 112 Å². The van der Waals surface area contributed by atoms with Crippen molar-refractivity contribution in [1.82, 2.24) is 15.1 Å². The molecule has 0 spiro atoms. The van der Waals surface area contributed by atoms with Crippen molar-refractivity contribution in [1.29, 1.82) is 0 Å². The van der Waals surface area contributed by atoms with Gasteiger partial charge in [-0.15, -0.1) is 0 Å². The molecule has 0 aliphatic heterocycles. The zero-order valence-electron chi connectivity index (χ0n) is 10.7. The van der Waals surface area contributed by atoms with Crippen molar-refractivity contribution in [2.24, 2.45) is 0 Å². The molecular weight excluding hydrogens is 278 g/mol. The largest absolute Gasteiger partial charge is 0.313 e. The number of hydrogen-bond donors (Lipinski definition) is 1. The Morgan fingerprint density at radius 3 is 3.00 bits per heavy atom. The van der Waals surface area contributed by atoms with E-state index in [9.17, 15) is 0 Å². The molecule has 0 amide bonds. The summed E-state index contributed by atoms with van der Waals surface area (Å²) in [5, 5.41) is 8.12. The minimum absolute atomic E-state index is 0.623. The quantitative estimate of drug-likeness (QED) is 0.904. The van der Waals surface area contributed by atoms with Crippen LogP contribution in [0.3, 0.4) is 0 Å². The molecule has 0 aromatic carbocycles. The maximum atomic E-state index is 4.44. The Balaban J connectivity index is 2.16. The molecule has 0 saturated heterocycles. The first-order chi connectivity index (χ1) is 8.27. The molecule has 0 radical (unpaired) electrons. The van der Waals surface area contributed by atoms with Crippen LogP contribution in [0, 0.1) is 0 Å². The molecule has 1 aliphatic carbocycles. The zero-order valence-corrected chi connectivity index (χ0v) is 12.3. The zero-order chi connectivity index (χ0) is 12.3. The third-order valence-corrected chi connectivity index (χ3v) is 4.27. The minimum Gasteiger partial charge on any atom is -0.313 e. The molecule has 1 aromatic rings. The van der Waals surface area contributed by atoms with Crippen LogP contribution in [0.25, 0.3) is 0 Å². The summed E-state index contributed by atoms with van der Waals surface area (Å²) >= 11 is 3.65. The van der Waals surface area contributed by atoms with Crippen molar-refractivity contribution in [3.63, 3.8) is 0 Å². The third-order valence-electron chi connectivity index (χ3n) is 3.66. The van der Waals surface area contributed by atoms with Gasteiger partial charge < -0.3 is 5.32 Å². The molecule has 2 atom stereocenters. The molecule has 1 heterocycles. The maximum absolute atomic E-state index is 4.44. The molecule has 1 fully saturated rings. The predicted octanol–water partition coefficient (Wildman–Crippen LogP) is 3.30. The molecule has 96 valence electrons. The molecule has 0 bridgehead atoms. The van der Waals surface area contributed by atoms with E-state index in [4.69, 9.17) is 0 Å². The van der Waals surface area contributed by atoms with Crippen molar-refractivity contribution < 1.29 is 0 Å². The van der Waals surface area contributed by atoms with Gasteiger partial charge >= 0.3 is 0 Å². The summed E-state index contributed by atoms with van der Waals surface area (Å²) in [7, 11) is 0. The van der Waals surface area contributed by atoms with Crippen LogP contribution >= 0.6 is 15.9 Å². The van der Waals surface area contributed by atoms with Crippen LogP contribution in [0.15, 0.2) is 10.7 Å². The van der Waals surface area contributed by atoms with Crippen molar-refractivity contribution in [2.75, 3.05) is 6.54 Å². The van der Waals surface area contributed by atoms with Gasteiger partial charge in [-0.3, -0.25) is 4.68 Å². The standard InChI is InChI=1S/C13H22BrN3/c1-3-8-15-12-7-5-6-10(12)13-11(14)9-16-17(13)4-2/h9-10,12,15H,3-8H2,1-2H3. The summed E-state index contributed by atoms with van der Waals surface area (Å²) in [6.07, 6.45) is 7.05. The Kier molecular flexibility index (Phi) is 4.62. The highest BCUT2D eigenvalue weighted by Crippen LogP contribution is 2.38. The fraction of sp³-hybridized carbons (Fsp3) is 0.769. The fourth-order valence-electron chi connectivity index (χ4n) is 2.85. The van der Waals surface area contributed by atoms with E-state index in [2.05, 4.69) is 44.9 Å². The number of aryl methyl sites for hydroxylation is 1. The molecule has 1 N–H and O–H groups in total. The highest BCUT2D eigenvalue weighted by molar-refractivity contribution is 9.10. The van der Waals surface area contributed by atoms with Gasteiger partial charge in [0.2, 0.25) is 0 Å². The summed E-state index contributed by atoms with van der Waals surface area (Å²) < 4.78 is 3.32. The lowest BCUT2D eigenvalue weighted by Crippen LogP contribution is -2.32. The number of aromatic nitrogens is 2. The molecule has 1 saturated carbocycles. The first-order valence-electron chi connectivity index (χ1n) is 6.72. The molecule has 1 aromatic heterocycles. The van der Waals surface area contributed by atoms with E-state index in [0.29, 0.717) is 12.0 Å². The van der Waals surface area contributed by atoms with Crippen LogP contribution in [0.4, 0.5) is 0 Å². The van der Waals surface area contributed by atoms with Crippen LogP contribution in [-0.2, 0) is 6.54 Å². The van der Waals surface area contributed by atoms with E-state index >= 15 is 0 Å². The highest BCUT2D eigenvalue weighted by Gasteiger charge is 2.31. The van der Waals surface area contributed by atoms with Gasteiger partial charge in [0.1, 0.15) is 0 Å². The molecule has 4 heteroatoms. The molecule has 1 aliphatic rings. The normalized spacial score (nSPS) is 24.4. The SMILES string of the molecule is CCCNC1CCCC1c1c(Br)cnn1CC. The number of hydrogen-bond acceptors (Lipinski definition) is 2. The maximum Gasteiger partial charge on any atom is 0.0635 e. The molecule has 2 rings (SSSR count). The van der Waals surface area contributed by atoms with Crippen LogP contribution < -0.4 is 5.32 Å². The van der Waals surface area contributed by atoms with E-state index in [1.54, 1.807) is 0 Å². The van der Waals surface area contributed by atoms with E-state index in [1.165, 1.54) is 35.8 Å². The number of rotatable bonds is 5. The smallest absolute Gasteiger partial charge is 0.0635 e. The van der Waals surface area contributed by atoms with Crippen LogP contribution in [0.1, 0.15) is 51.1 Å². The van der Waals surface area contributed by atoms with Gasteiger partial charge in [-0.05, 0) is 48.7 Å². The number of halogens is 1. The lowest BCUT2D eigenvalue weighted by atomic mass is 9.99. The van der Waals surface area contributed by atoms with Gasteiger partial charge in [0.05, 0.1) is 16.4 Å². The first kappa shape index (κ1) is 13.1. The molecule has 2 unspecified atom stereocenters. The van der Waals surface area contributed by atoms with Crippen LogP contribution in [0.2, 0.25) is 0 Å². The number of nitrogens with zero attached hydrogens (tertiary/aromatic N) is 2. The van der Waals surface area contributed by atoms with E-state index in [1.807, 2.05) is 6.20 Å². The minimum atomic E-state index is 0.623.